The van der Waals surface area contributed by atoms with Crippen molar-refractivity contribution in [3.8, 4) is 0 Å². The molecule has 0 bridgehead atoms. The lowest BCUT2D eigenvalue weighted by atomic mass is 9.88. The van der Waals surface area contributed by atoms with Gasteiger partial charge in [-0.1, -0.05) is 63.4 Å². The highest BCUT2D eigenvalue weighted by molar-refractivity contribution is 6.03. The maximum Gasteiger partial charge on any atom is 0.243 e. The molecule has 242 valence electrons. The van der Waals surface area contributed by atoms with Crippen LogP contribution in [-0.2, 0) is 40.0 Å². The second-order valence-electron chi connectivity index (χ2n) is 11.2. The van der Waals surface area contributed by atoms with Gasteiger partial charge in [0.15, 0.2) is 0 Å². The summed E-state index contributed by atoms with van der Waals surface area (Å²) in [4.78, 5) is 86.6. The van der Waals surface area contributed by atoms with Crippen LogP contribution in [0.15, 0.2) is 30.3 Å². The molecule has 1 aromatic carbocycles. The molecule has 0 aromatic heterocycles. The van der Waals surface area contributed by atoms with E-state index in [-0.39, 0.29) is 61.9 Å². The van der Waals surface area contributed by atoms with Crippen LogP contribution in [0.25, 0.3) is 0 Å². The monoisotopic (exact) mass is 614 g/mol. The summed E-state index contributed by atoms with van der Waals surface area (Å²) in [6.07, 6.45) is 5.40. The number of carbonyl (C=O) groups is 7. The first-order valence-electron chi connectivity index (χ1n) is 15.3. The van der Waals surface area contributed by atoms with Crippen LogP contribution in [0.5, 0.6) is 0 Å². The number of benzene rings is 1. The van der Waals surface area contributed by atoms with Gasteiger partial charge in [-0.05, 0) is 30.7 Å². The van der Waals surface area contributed by atoms with Gasteiger partial charge in [0, 0.05) is 31.7 Å². The summed E-state index contributed by atoms with van der Waals surface area (Å²) in [7, 11) is 0. The van der Waals surface area contributed by atoms with Gasteiger partial charge in [0.1, 0.15) is 6.04 Å². The summed E-state index contributed by atoms with van der Waals surface area (Å²) in [6, 6.07) is 7.94. The SMILES string of the molecule is CCCCC(C)C1CC(=O)N(CCCCCC(=O)NCC(=O)NCC(=O)N[C@@H](Cc2ccccc2)C(=O)NCC(N)=O)C1=O. The van der Waals surface area contributed by atoms with Gasteiger partial charge in [0.25, 0.3) is 0 Å². The molecule has 2 rings (SSSR count). The molecule has 13 heteroatoms. The minimum absolute atomic E-state index is 0.0888. The normalized spacial score (nSPS) is 15.8. The Hall–Kier alpha value is -4.29. The number of rotatable bonds is 20. The molecule has 44 heavy (non-hydrogen) atoms. The molecule has 1 aliphatic rings. The fraction of sp³-hybridized carbons (Fsp3) is 0.581. The maximum absolute atomic E-state index is 12.7. The third kappa shape index (κ3) is 12.9. The molecule has 1 aromatic rings. The van der Waals surface area contributed by atoms with Gasteiger partial charge in [0.05, 0.1) is 19.6 Å². The third-order valence-corrected chi connectivity index (χ3v) is 7.53. The first-order valence-corrected chi connectivity index (χ1v) is 15.3. The average molecular weight is 615 g/mol. The van der Waals surface area contributed by atoms with Crippen LogP contribution in [0, 0.1) is 11.8 Å². The van der Waals surface area contributed by atoms with Crippen molar-refractivity contribution >= 4 is 41.4 Å². The average Bonchev–Trinajstić information content (AvgIpc) is 3.28. The van der Waals surface area contributed by atoms with E-state index < -0.39 is 36.2 Å². The molecule has 2 unspecified atom stereocenters. The summed E-state index contributed by atoms with van der Waals surface area (Å²) in [5, 5.41) is 9.79. The van der Waals surface area contributed by atoms with E-state index in [4.69, 9.17) is 5.73 Å². The molecule has 6 N–H and O–H groups in total. The van der Waals surface area contributed by atoms with Gasteiger partial charge >= 0.3 is 0 Å². The summed E-state index contributed by atoms with van der Waals surface area (Å²) in [6.45, 7) is 3.35. The number of nitrogens with two attached hydrogens (primary N) is 1. The van der Waals surface area contributed by atoms with Crippen molar-refractivity contribution in [2.75, 3.05) is 26.2 Å². The van der Waals surface area contributed by atoms with Crippen molar-refractivity contribution in [1.29, 1.82) is 0 Å². The van der Waals surface area contributed by atoms with Crippen molar-refractivity contribution in [2.24, 2.45) is 17.6 Å². The Morgan fingerprint density at radius 3 is 2.25 bits per heavy atom. The van der Waals surface area contributed by atoms with Crippen LogP contribution >= 0.6 is 0 Å². The van der Waals surface area contributed by atoms with Crippen LogP contribution in [-0.4, -0.2) is 78.5 Å². The van der Waals surface area contributed by atoms with Crippen LogP contribution in [0.1, 0.15) is 70.8 Å². The van der Waals surface area contributed by atoms with Crippen molar-refractivity contribution in [3.05, 3.63) is 35.9 Å². The zero-order valence-corrected chi connectivity index (χ0v) is 25.7. The Morgan fingerprint density at radius 1 is 0.886 bits per heavy atom. The van der Waals surface area contributed by atoms with E-state index in [1.165, 1.54) is 4.90 Å². The number of likely N-dealkylation sites (tertiary alicyclic amines) is 1. The number of hydrogen-bond donors (Lipinski definition) is 5. The molecular formula is C31H46N6O7. The highest BCUT2D eigenvalue weighted by Gasteiger charge is 2.40. The lowest BCUT2D eigenvalue weighted by molar-refractivity contribution is -0.140. The summed E-state index contributed by atoms with van der Waals surface area (Å²) >= 11 is 0. The van der Waals surface area contributed by atoms with Crippen molar-refractivity contribution < 1.29 is 33.6 Å². The van der Waals surface area contributed by atoms with Crippen LogP contribution in [0.3, 0.4) is 0 Å². The molecule has 1 heterocycles. The molecule has 0 saturated carbocycles. The van der Waals surface area contributed by atoms with Crippen molar-refractivity contribution in [1.82, 2.24) is 26.2 Å². The topological polar surface area (TPSA) is 197 Å². The number of imide groups is 1. The van der Waals surface area contributed by atoms with Gasteiger partial charge in [-0.25, -0.2) is 0 Å². The van der Waals surface area contributed by atoms with Crippen molar-refractivity contribution in [3.63, 3.8) is 0 Å². The number of unbranched alkanes of at least 4 members (excludes halogenated alkanes) is 3. The molecule has 1 fully saturated rings. The van der Waals surface area contributed by atoms with Gasteiger partial charge in [-0.15, -0.1) is 0 Å². The van der Waals surface area contributed by atoms with Crippen LogP contribution < -0.4 is 27.0 Å². The molecule has 1 aliphatic heterocycles. The van der Waals surface area contributed by atoms with E-state index in [2.05, 4.69) is 28.2 Å². The Labute approximate surface area is 258 Å². The zero-order chi connectivity index (χ0) is 32.5. The quantitative estimate of drug-likeness (QED) is 0.103. The summed E-state index contributed by atoms with van der Waals surface area (Å²) < 4.78 is 0. The molecule has 0 radical (unpaired) electrons. The van der Waals surface area contributed by atoms with Gasteiger partial charge < -0.3 is 27.0 Å². The van der Waals surface area contributed by atoms with Crippen molar-refractivity contribution in [2.45, 2.75) is 77.7 Å². The predicted octanol–water partition coefficient (Wildman–Crippen LogP) is 0.310. The van der Waals surface area contributed by atoms with E-state index in [1.54, 1.807) is 24.3 Å². The predicted molar refractivity (Wildman–Crippen MR) is 162 cm³/mol. The molecule has 7 amide bonds. The first-order chi connectivity index (χ1) is 21.0. The first kappa shape index (κ1) is 35.9. The Morgan fingerprint density at radius 2 is 1.57 bits per heavy atom. The molecule has 0 spiro atoms. The molecule has 3 atom stereocenters. The van der Waals surface area contributed by atoms with Gasteiger partial charge in [-0.2, -0.15) is 0 Å². The summed E-state index contributed by atoms with van der Waals surface area (Å²) in [5.41, 5.74) is 5.86. The lowest BCUT2D eigenvalue weighted by Gasteiger charge is -2.18. The summed E-state index contributed by atoms with van der Waals surface area (Å²) in [5.74, 6) is -3.14. The number of nitrogens with zero attached hydrogens (tertiary/aromatic N) is 1. The smallest absolute Gasteiger partial charge is 0.243 e. The largest absolute Gasteiger partial charge is 0.368 e. The van der Waals surface area contributed by atoms with E-state index in [1.807, 2.05) is 13.0 Å². The Kier molecular flexibility index (Phi) is 15.6. The fourth-order valence-corrected chi connectivity index (χ4v) is 4.96. The second-order valence-corrected chi connectivity index (χ2v) is 11.2. The molecule has 0 aliphatic carbocycles. The van der Waals surface area contributed by atoms with E-state index in [0.29, 0.717) is 25.8 Å². The highest BCUT2D eigenvalue weighted by Crippen LogP contribution is 2.30. The molecule has 13 nitrogen and oxygen atoms in total. The maximum atomic E-state index is 12.7. The fourth-order valence-electron chi connectivity index (χ4n) is 4.96. The lowest BCUT2D eigenvalue weighted by Crippen LogP contribution is -2.52. The Balaban J connectivity index is 1.65. The van der Waals surface area contributed by atoms with E-state index in [0.717, 1.165) is 24.8 Å². The zero-order valence-electron chi connectivity index (χ0n) is 25.7. The number of nitrogens with one attached hydrogen (secondary N) is 4. The molecule has 1 saturated heterocycles. The van der Waals surface area contributed by atoms with Gasteiger partial charge in [-0.3, -0.25) is 38.5 Å². The van der Waals surface area contributed by atoms with Crippen LogP contribution in [0.4, 0.5) is 0 Å². The van der Waals surface area contributed by atoms with E-state index in [9.17, 15) is 33.6 Å². The standard InChI is InChI=1S/C31H46N6O7/c1-3-4-11-21(2)23-17-29(42)37(31(23)44)15-10-6-9-14-26(39)33-19-27(40)34-20-28(41)36-24(30(43)35-18-25(32)38)16-22-12-7-5-8-13-22/h5,7-8,12-13,21,23-24H,3-4,6,9-11,14-20H2,1-2H3,(H2,32,38)(H,33,39)(H,34,40)(H,35,43)(H,36,41)/t21?,23?,24-/m0/s1. The minimum Gasteiger partial charge on any atom is -0.368 e. The Bertz CT molecular complexity index is 1160. The second kappa shape index (κ2) is 19.1. The minimum atomic E-state index is -1.00. The number of carbonyl (C=O) groups excluding carboxylic acids is 7. The van der Waals surface area contributed by atoms with Crippen LogP contribution in [0.2, 0.25) is 0 Å². The van der Waals surface area contributed by atoms with E-state index >= 15 is 0 Å². The number of hydrogen-bond acceptors (Lipinski definition) is 7. The number of primary amides is 1. The van der Waals surface area contributed by atoms with Gasteiger partial charge in [0.2, 0.25) is 41.4 Å². The highest BCUT2D eigenvalue weighted by atomic mass is 16.2. The number of amides is 7. The third-order valence-electron chi connectivity index (χ3n) is 7.53. The molecular weight excluding hydrogens is 568 g/mol.